The van der Waals surface area contributed by atoms with E-state index in [0.29, 0.717) is 38.8 Å². The maximum absolute atomic E-state index is 12.9. The molecule has 0 aliphatic carbocycles. The first kappa shape index (κ1) is 30.2. The van der Waals surface area contributed by atoms with Gasteiger partial charge < -0.3 is 49.1 Å². The molecule has 4 unspecified atom stereocenters. The van der Waals surface area contributed by atoms with Crippen LogP contribution in [-0.2, 0) is 24.0 Å². The molecule has 0 aliphatic heterocycles. The molecule has 0 aliphatic rings. The van der Waals surface area contributed by atoms with E-state index in [1.165, 1.54) is 0 Å². The minimum absolute atomic E-state index is 0.150. The van der Waals surface area contributed by atoms with Crippen LogP contribution in [0.25, 0.3) is 0 Å². The first-order chi connectivity index (χ1) is 15.6. The molecule has 0 rings (SSSR count). The van der Waals surface area contributed by atoms with Crippen LogP contribution in [0.3, 0.4) is 0 Å². The zero-order valence-electron chi connectivity index (χ0n) is 18.6. The van der Waals surface area contributed by atoms with Crippen molar-refractivity contribution in [2.75, 3.05) is 19.7 Å². The lowest BCUT2D eigenvalue weighted by Gasteiger charge is -2.25. The Kier molecular flexibility index (Phi) is 15.3. The Morgan fingerprint density at radius 2 is 1.15 bits per heavy atom. The predicted octanol–water partition coefficient (Wildman–Crippen LogP) is -4.02. The Morgan fingerprint density at radius 3 is 1.52 bits per heavy atom. The minimum atomic E-state index is -1.54. The number of aliphatic hydroxyl groups excluding tert-OH is 1. The lowest BCUT2D eigenvalue weighted by atomic mass is 10.0. The van der Waals surface area contributed by atoms with E-state index in [1.54, 1.807) is 0 Å². The molecular formula is C19H37N7O7. The van der Waals surface area contributed by atoms with Crippen LogP contribution in [0, 0.1) is 0 Å². The second-order valence-electron chi connectivity index (χ2n) is 7.55. The molecule has 0 bridgehead atoms. The Balaban J connectivity index is 5.42. The number of aliphatic carboxylic acids is 1. The molecule has 0 saturated carbocycles. The fraction of sp³-hybridized carbons (Fsp3) is 0.737. The van der Waals surface area contributed by atoms with Crippen molar-refractivity contribution in [3.05, 3.63) is 0 Å². The summed E-state index contributed by atoms with van der Waals surface area (Å²) in [6.07, 6.45) is 1.99. The Hall–Kier alpha value is -2.81. The van der Waals surface area contributed by atoms with Crippen molar-refractivity contribution in [2.45, 2.75) is 69.1 Å². The molecule has 0 saturated heterocycles. The van der Waals surface area contributed by atoms with Crippen LogP contribution in [0.4, 0.5) is 0 Å². The monoisotopic (exact) mass is 475 g/mol. The number of aliphatic hydroxyl groups is 1. The smallest absolute Gasteiger partial charge is 0.328 e. The third-order valence-corrected chi connectivity index (χ3v) is 4.71. The zero-order chi connectivity index (χ0) is 25.4. The Labute approximate surface area is 192 Å². The van der Waals surface area contributed by atoms with Gasteiger partial charge in [-0.05, 0) is 51.6 Å². The van der Waals surface area contributed by atoms with Crippen LogP contribution in [-0.4, -0.2) is 83.7 Å². The summed E-state index contributed by atoms with van der Waals surface area (Å²) in [4.78, 5) is 59.9. The second-order valence-corrected chi connectivity index (χ2v) is 7.55. The molecule has 0 aromatic carbocycles. The van der Waals surface area contributed by atoms with Crippen LogP contribution in [0.5, 0.6) is 0 Å². The highest BCUT2D eigenvalue weighted by Crippen LogP contribution is 2.06. The van der Waals surface area contributed by atoms with Crippen molar-refractivity contribution in [3.63, 3.8) is 0 Å². The van der Waals surface area contributed by atoms with E-state index in [1.807, 2.05) is 0 Å². The number of amides is 4. The van der Waals surface area contributed by atoms with Crippen molar-refractivity contribution in [2.24, 2.45) is 22.9 Å². The van der Waals surface area contributed by atoms with Crippen LogP contribution in [0.2, 0.25) is 0 Å². The van der Waals surface area contributed by atoms with E-state index in [9.17, 15) is 24.0 Å². The van der Waals surface area contributed by atoms with E-state index < -0.39 is 66.8 Å². The summed E-state index contributed by atoms with van der Waals surface area (Å²) in [5, 5.41) is 25.3. The number of nitrogens with one attached hydrogen (secondary N) is 3. The number of rotatable bonds is 18. The van der Waals surface area contributed by atoms with Crippen molar-refractivity contribution in [1.82, 2.24) is 16.0 Å². The molecule has 33 heavy (non-hydrogen) atoms. The summed E-state index contributed by atoms with van der Waals surface area (Å²) in [5.41, 5.74) is 21.6. The largest absolute Gasteiger partial charge is 0.480 e. The van der Waals surface area contributed by atoms with Gasteiger partial charge in [0.25, 0.3) is 0 Å². The molecule has 0 aromatic rings. The number of nitrogens with two attached hydrogens (primary N) is 4. The summed E-state index contributed by atoms with van der Waals surface area (Å²) in [6.45, 7) is -0.113. The summed E-state index contributed by atoms with van der Waals surface area (Å²) in [6, 6.07) is -5.01. The predicted molar refractivity (Wildman–Crippen MR) is 118 cm³/mol. The molecule has 0 spiro atoms. The van der Waals surface area contributed by atoms with Crippen LogP contribution in [0.15, 0.2) is 0 Å². The van der Waals surface area contributed by atoms with Gasteiger partial charge in [0, 0.05) is 0 Å². The summed E-state index contributed by atoms with van der Waals surface area (Å²) < 4.78 is 0. The van der Waals surface area contributed by atoms with Crippen molar-refractivity contribution < 1.29 is 34.2 Å². The molecule has 4 amide bonds. The third kappa shape index (κ3) is 12.7. The van der Waals surface area contributed by atoms with Gasteiger partial charge in [0.2, 0.25) is 23.6 Å². The van der Waals surface area contributed by atoms with Gasteiger partial charge in [-0.3, -0.25) is 19.2 Å². The van der Waals surface area contributed by atoms with E-state index in [2.05, 4.69) is 16.0 Å². The lowest BCUT2D eigenvalue weighted by molar-refractivity contribution is -0.143. The summed E-state index contributed by atoms with van der Waals surface area (Å²) in [7, 11) is 0. The van der Waals surface area contributed by atoms with Gasteiger partial charge in [-0.25, -0.2) is 4.79 Å². The number of hydrogen-bond donors (Lipinski definition) is 9. The molecule has 0 radical (unpaired) electrons. The van der Waals surface area contributed by atoms with Gasteiger partial charge in [0.1, 0.15) is 18.1 Å². The highest BCUT2D eigenvalue weighted by Gasteiger charge is 2.30. The topological polar surface area (TPSA) is 266 Å². The van der Waals surface area contributed by atoms with E-state index >= 15 is 0 Å². The molecule has 14 nitrogen and oxygen atoms in total. The first-order valence-electron chi connectivity index (χ1n) is 10.8. The van der Waals surface area contributed by atoms with Crippen molar-refractivity contribution in [3.8, 4) is 0 Å². The average Bonchev–Trinajstić information content (AvgIpc) is 2.75. The van der Waals surface area contributed by atoms with Crippen LogP contribution in [0.1, 0.15) is 44.9 Å². The molecule has 4 atom stereocenters. The maximum atomic E-state index is 12.9. The maximum Gasteiger partial charge on any atom is 0.328 e. The highest BCUT2D eigenvalue weighted by molar-refractivity contribution is 5.95. The number of hydrogen-bond acceptors (Lipinski definition) is 9. The van der Waals surface area contributed by atoms with Crippen molar-refractivity contribution in [1.29, 1.82) is 0 Å². The molecular weight excluding hydrogens is 438 g/mol. The van der Waals surface area contributed by atoms with E-state index in [4.69, 9.17) is 33.1 Å². The second kappa shape index (κ2) is 16.8. The number of carbonyl (C=O) groups excluding carboxylic acids is 4. The highest BCUT2D eigenvalue weighted by atomic mass is 16.4. The fourth-order valence-corrected chi connectivity index (χ4v) is 2.84. The molecule has 0 fully saturated rings. The molecule has 190 valence electrons. The number of carboxylic acids is 1. The number of unbranched alkanes of at least 4 members (excludes halogenated alkanes) is 2. The first-order valence-corrected chi connectivity index (χ1v) is 10.8. The molecule has 0 heterocycles. The van der Waals surface area contributed by atoms with Crippen LogP contribution >= 0.6 is 0 Å². The fourth-order valence-electron chi connectivity index (χ4n) is 2.84. The standard InChI is InChI=1S/C19H37N7O7/c20-7-3-1-5-12(24-16(29)11(22)9-15(23)28)17(30)25-13(6-2-4-8-21)18(31)26-14(10-27)19(32)33/h11-14,27H,1-10,20-22H2,(H2,23,28)(H,24,29)(H,25,30)(H,26,31)(H,32,33). The average molecular weight is 476 g/mol. The minimum Gasteiger partial charge on any atom is -0.480 e. The number of primary amides is 1. The summed E-state index contributed by atoms with van der Waals surface area (Å²) >= 11 is 0. The van der Waals surface area contributed by atoms with Crippen molar-refractivity contribution >= 4 is 29.6 Å². The van der Waals surface area contributed by atoms with E-state index in [-0.39, 0.29) is 12.8 Å². The molecule has 14 heteroatoms. The van der Waals surface area contributed by atoms with Gasteiger partial charge in [-0.15, -0.1) is 0 Å². The number of carbonyl (C=O) groups is 5. The summed E-state index contributed by atoms with van der Waals surface area (Å²) in [5.74, 6) is -4.49. The molecule has 13 N–H and O–H groups in total. The quantitative estimate of drug-likeness (QED) is 0.0866. The van der Waals surface area contributed by atoms with Crippen LogP contribution < -0.4 is 38.9 Å². The SMILES string of the molecule is NCCCCC(NC(=O)C(N)CC(N)=O)C(=O)NC(CCCCN)C(=O)NC(CO)C(=O)O. The normalized spacial score (nSPS) is 14.4. The molecule has 0 aromatic heterocycles. The van der Waals surface area contributed by atoms with E-state index in [0.717, 1.165) is 0 Å². The zero-order valence-corrected chi connectivity index (χ0v) is 18.6. The van der Waals surface area contributed by atoms with Gasteiger partial charge in [-0.1, -0.05) is 0 Å². The number of carboxylic acid groups (broad SMARTS) is 1. The third-order valence-electron chi connectivity index (χ3n) is 4.71. The Bertz CT molecular complexity index is 662. The van der Waals surface area contributed by atoms with Gasteiger partial charge in [0.05, 0.1) is 19.1 Å². The van der Waals surface area contributed by atoms with Gasteiger partial charge >= 0.3 is 5.97 Å². The van der Waals surface area contributed by atoms with Gasteiger partial charge in [0.15, 0.2) is 0 Å². The Morgan fingerprint density at radius 1 is 0.727 bits per heavy atom. The lowest BCUT2D eigenvalue weighted by Crippen LogP contribution is -2.57. The van der Waals surface area contributed by atoms with Gasteiger partial charge in [-0.2, -0.15) is 0 Å².